The first-order valence-corrected chi connectivity index (χ1v) is 15.9. The quantitative estimate of drug-likeness (QED) is 0.107. The van der Waals surface area contributed by atoms with Gasteiger partial charge in [0.05, 0.1) is 11.5 Å². The molecular weight excluding hydrogens is 480 g/mol. The molecule has 0 bridgehead atoms. The van der Waals surface area contributed by atoms with Gasteiger partial charge in [-0.05, 0) is 122 Å². The maximum atomic E-state index is 11.0. The molecule has 2 aliphatic rings. The predicted octanol–water partition coefficient (Wildman–Crippen LogP) is 10.8. The summed E-state index contributed by atoms with van der Waals surface area (Å²) >= 11 is 0. The smallest absolute Gasteiger partial charge is 0.306 e. The second-order valence-electron chi connectivity index (χ2n) is 12.8. The van der Waals surface area contributed by atoms with E-state index in [4.69, 9.17) is 9.84 Å². The van der Waals surface area contributed by atoms with Crippen molar-refractivity contribution in [1.29, 1.82) is 0 Å². The number of allylic oxidation sites excluding steroid dienone is 5. The fraction of sp³-hybridized carbons (Fsp3) is 0.722. The molecule has 1 saturated heterocycles. The number of unbranched alkanes of at least 4 members (excludes halogenated alkanes) is 5. The molecule has 3 nitrogen and oxygen atoms in total. The highest BCUT2D eigenvalue weighted by Crippen LogP contribution is 2.49. The lowest BCUT2D eigenvalue weighted by molar-refractivity contribution is -0.143. The zero-order valence-electron chi connectivity index (χ0n) is 26.4. The van der Waals surface area contributed by atoms with Crippen LogP contribution in [0.5, 0.6) is 0 Å². The molecule has 0 saturated carbocycles. The van der Waals surface area contributed by atoms with E-state index in [1.807, 2.05) is 0 Å². The predicted molar refractivity (Wildman–Crippen MR) is 166 cm³/mol. The van der Waals surface area contributed by atoms with Gasteiger partial charge in [0.15, 0.2) is 0 Å². The highest BCUT2D eigenvalue weighted by molar-refractivity contribution is 5.69. The summed E-state index contributed by atoms with van der Waals surface area (Å²) in [7, 11) is 0. The van der Waals surface area contributed by atoms with E-state index in [9.17, 15) is 4.79 Å². The van der Waals surface area contributed by atoms with Crippen molar-refractivity contribution in [3.05, 3.63) is 51.8 Å². The number of carbonyl (C=O) groups is 1. The Morgan fingerprint density at radius 3 is 2.33 bits per heavy atom. The van der Waals surface area contributed by atoms with Gasteiger partial charge in [0.25, 0.3) is 0 Å². The molecule has 1 aliphatic carbocycles. The molecule has 39 heavy (non-hydrogen) atoms. The third-order valence-corrected chi connectivity index (χ3v) is 9.18. The number of carboxylic acids is 1. The monoisotopic (exact) mass is 538 g/mol. The number of ether oxygens (including phenoxy) is 1. The summed E-state index contributed by atoms with van der Waals surface area (Å²) in [5.41, 5.74) is 10.2. The summed E-state index contributed by atoms with van der Waals surface area (Å²) in [6, 6.07) is 0. The van der Waals surface area contributed by atoms with Crippen LogP contribution in [0.25, 0.3) is 0 Å². The number of aliphatic carboxylic acids is 1. The van der Waals surface area contributed by atoms with Crippen LogP contribution in [0.15, 0.2) is 51.8 Å². The average Bonchev–Trinajstić information content (AvgIpc) is 2.88. The summed E-state index contributed by atoms with van der Waals surface area (Å²) < 4.78 is 7.19. The Hall–Kier alpha value is -1.83. The first kappa shape index (κ1) is 33.4. The molecule has 0 aromatic carbocycles. The van der Waals surface area contributed by atoms with Crippen LogP contribution in [0.4, 0.5) is 0 Å². The zero-order valence-corrected chi connectivity index (χ0v) is 26.4. The Labute approximate surface area is 240 Å². The molecule has 0 spiro atoms. The van der Waals surface area contributed by atoms with Gasteiger partial charge in [-0.2, -0.15) is 0 Å². The maximum absolute atomic E-state index is 11.0. The van der Waals surface area contributed by atoms with Gasteiger partial charge in [0.1, 0.15) is 5.60 Å². The first-order chi connectivity index (χ1) is 18.5. The second-order valence-corrected chi connectivity index (χ2v) is 12.8. The van der Waals surface area contributed by atoms with Crippen LogP contribution in [0, 0.1) is 5.92 Å². The van der Waals surface area contributed by atoms with E-state index in [2.05, 4.69) is 65.5 Å². The topological polar surface area (TPSA) is 46.5 Å². The normalized spacial score (nSPS) is 24.5. The highest BCUT2D eigenvalue weighted by Gasteiger charge is 2.48. The van der Waals surface area contributed by atoms with Gasteiger partial charge in [-0.3, -0.25) is 4.79 Å². The fourth-order valence-corrected chi connectivity index (χ4v) is 6.14. The number of hydrogen-bond donors (Lipinski definition) is 1. The van der Waals surface area contributed by atoms with E-state index in [0.717, 1.165) is 64.2 Å². The second kappa shape index (κ2) is 16.4. The van der Waals surface area contributed by atoms with E-state index in [-0.39, 0.29) is 17.1 Å². The molecule has 1 aliphatic heterocycles. The molecule has 3 atom stereocenters. The van der Waals surface area contributed by atoms with Gasteiger partial charge < -0.3 is 9.84 Å². The van der Waals surface area contributed by atoms with Crippen LogP contribution in [-0.2, 0) is 9.53 Å². The van der Waals surface area contributed by atoms with E-state index < -0.39 is 5.97 Å². The Morgan fingerprint density at radius 1 is 1.03 bits per heavy atom. The largest absolute Gasteiger partial charge is 0.481 e. The van der Waals surface area contributed by atoms with Gasteiger partial charge in [-0.1, -0.05) is 69.2 Å². The Kier molecular flexibility index (Phi) is 14.1. The lowest BCUT2D eigenvalue weighted by Gasteiger charge is -2.50. The molecule has 0 aromatic rings. The maximum Gasteiger partial charge on any atom is 0.306 e. The fourth-order valence-electron chi connectivity index (χ4n) is 6.14. The standard InChI is InChI=1S/C36H58O3/c1-8-9-10-11-12-13-26-36-32(6)30(4)22-23-33(36)24-27-35(7,39-36)25-16-20-29(3)18-14-17-28(2)19-15-21-31(5)34(37)38/h19-20,22,31H,8-18,21,24-27H2,1-7H3,(H,37,38)/b28-19+,29-20+. The van der Waals surface area contributed by atoms with Crippen molar-refractivity contribution in [2.75, 3.05) is 0 Å². The van der Waals surface area contributed by atoms with Crippen molar-refractivity contribution >= 4 is 5.97 Å². The number of fused-ring (bicyclic) bond motifs is 1. The summed E-state index contributed by atoms with van der Waals surface area (Å²) in [6.07, 6.45) is 25.0. The van der Waals surface area contributed by atoms with E-state index in [1.165, 1.54) is 66.4 Å². The molecule has 220 valence electrons. The van der Waals surface area contributed by atoms with E-state index >= 15 is 0 Å². The minimum absolute atomic E-state index is 0.102. The molecule has 3 heteroatoms. The van der Waals surface area contributed by atoms with E-state index in [0.29, 0.717) is 0 Å². The Balaban J connectivity index is 1.88. The van der Waals surface area contributed by atoms with Crippen molar-refractivity contribution in [3.8, 4) is 0 Å². The molecule has 3 unspecified atom stereocenters. The summed E-state index contributed by atoms with van der Waals surface area (Å²) in [5.74, 6) is -0.961. The molecular formula is C36H58O3. The molecule has 2 rings (SSSR count). The van der Waals surface area contributed by atoms with Gasteiger partial charge in [0.2, 0.25) is 0 Å². The molecule has 0 radical (unpaired) electrons. The number of rotatable bonds is 18. The molecule has 1 fully saturated rings. The molecule has 0 aromatic heterocycles. The first-order valence-electron chi connectivity index (χ1n) is 15.9. The third kappa shape index (κ3) is 10.6. The highest BCUT2D eigenvalue weighted by atomic mass is 16.5. The van der Waals surface area contributed by atoms with Crippen LogP contribution >= 0.6 is 0 Å². The average molecular weight is 539 g/mol. The van der Waals surface area contributed by atoms with Crippen molar-refractivity contribution in [2.24, 2.45) is 5.92 Å². The Morgan fingerprint density at radius 2 is 1.67 bits per heavy atom. The summed E-state index contributed by atoms with van der Waals surface area (Å²) in [5, 5.41) is 9.03. The van der Waals surface area contributed by atoms with Crippen molar-refractivity contribution in [1.82, 2.24) is 0 Å². The van der Waals surface area contributed by atoms with Crippen molar-refractivity contribution < 1.29 is 14.6 Å². The van der Waals surface area contributed by atoms with Crippen LogP contribution in [0.3, 0.4) is 0 Å². The van der Waals surface area contributed by atoms with Gasteiger partial charge in [-0.25, -0.2) is 0 Å². The molecule has 1 N–H and O–H groups in total. The van der Waals surface area contributed by atoms with Crippen LogP contribution in [0.2, 0.25) is 0 Å². The SMILES string of the molecule is CCCCCCCCC12OC(C)(CC/C=C(\C)CCC/C(C)=C/CCC(C)C(=O)O)CCC1=C=CC(C)=C2C. The summed E-state index contributed by atoms with van der Waals surface area (Å²) in [4.78, 5) is 11.0. The van der Waals surface area contributed by atoms with Gasteiger partial charge in [0, 0.05) is 5.57 Å². The number of carboxylic acid groups (broad SMARTS) is 1. The molecule has 1 heterocycles. The lowest BCUT2D eigenvalue weighted by Crippen LogP contribution is -2.50. The van der Waals surface area contributed by atoms with Crippen LogP contribution < -0.4 is 0 Å². The number of hydrogen-bond acceptors (Lipinski definition) is 2. The van der Waals surface area contributed by atoms with Crippen LogP contribution in [-0.4, -0.2) is 22.3 Å². The van der Waals surface area contributed by atoms with E-state index in [1.54, 1.807) is 6.92 Å². The van der Waals surface area contributed by atoms with Crippen molar-refractivity contribution in [2.45, 2.75) is 162 Å². The van der Waals surface area contributed by atoms with Gasteiger partial charge in [-0.15, -0.1) is 5.73 Å². The zero-order chi connectivity index (χ0) is 28.9. The van der Waals surface area contributed by atoms with Gasteiger partial charge >= 0.3 is 5.97 Å². The van der Waals surface area contributed by atoms with Crippen LogP contribution in [0.1, 0.15) is 151 Å². The minimum atomic E-state index is -0.698. The van der Waals surface area contributed by atoms with Crippen molar-refractivity contribution in [3.63, 3.8) is 0 Å². The summed E-state index contributed by atoms with van der Waals surface area (Å²) in [6.45, 7) is 15.4. The Bertz CT molecular complexity index is 958. The third-order valence-electron chi connectivity index (χ3n) is 9.18. The minimum Gasteiger partial charge on any atom is -0.481 e. The molecule has 0 amide bonds. The lowest BCUT2D eigenvalue weighted by atomic mass is 9.71.